The van der Waals surface area contributed by atoms with Gasteiger partial charge in [-0.15, -0.1) is 0 Å². The molecule has 0 atom stereocenters. The Morgan fingerprint density at radius 1 is 1.10 bits per heavy atom. The summed E-state index contributed by atoms with van der Waals surface area (Å²) in [6.45, 7) is 5.12. The number of ether oxygens (including phenoxy) is 1. The monoisotopic (exact) mass is 395 g/mol. The zero-order valence-corrected chi connectivity index (χ0v) is 16.6. The zero-order valence-electron chi connectivity index (χ0n) is 16.6. The van der Waals surface area contributed by atoms with E-state index in [0.717, 1.165) is 16.6 Å². The van der Waals surface area contributed by atoms with Crippen LogP contribution >= 0.6 is 0 Å². The topological polar surface area (TPSA) is 93.2 Å². The number of carbonyl (C=O) groups excluding carboxylic acids is 1. The van der Waals surface area contributed by atoms with E-state index in [4.69, 9.17) is 4.74 Å². The summed E-state index contributed by atoms with van der Waals surface area (Å²) in [4.78, 5) is 39.8. The average Bonchev–Trinajstić information content (AvgIpc) is 2.69. The SMILES string of the molecule is CC(C)OCCCNC(=O)Cc1ccc(-n2c(=O)[nH]c3ccccc3c2=O)cc1. The van der Waals surface area contributed by atoms with Gasteiger partial charge in [-0.05, 0) is 50.1 Å². The fraction of sp³-hybridized carbons (Fsp3) is 0.318. The number of rotatable bonds is 8. The molecule has 1 amide bonds. The highest BCUT2D eigenvalue weighted by Crippen LogP contribution is 2.09. The van der Waals surface area contributed by atoms with Crippen LogP contribution in [0.5, 0.6) is 0 Å². The maximum Gasteiger partial charge on any atom is 0.333 e. The molecule has 0 unspecified atom stereocenters. The van der Waals surface area contributed by atoms with Crippen LogP contribution < -0.4 is 16.6 Å². The Kier molecular flexibility index (Phi) is 6.61. The van der Waals surface area contributed by atoms with Crippen molar-refractivity contribution in [1.29, 1.82) is 0 Å². The van der Waals surface area contributed by atoms with Crippen LogP contribution in [0, 0.1) is 0 Å². The average molecular weight is 395 g/mol. The largest absolute Gasteiger partial charge is 0.379 e. The first-order chi connectivity index (χ1) is 14.0. The van der Waals surface area contributed by atoms with Crippen molar-refractivity contribution in [3.8, 4) is 5.69 Å². The summed E-state index contributed by atoms with van der Waals surface area (Å²) in [5.41, 5.74) is 0.888. The number of fused-ring (bicyclic) bond motifs is 1. The molecular weight excluding hydrogens is 370 g/mol. The normalized spacial score (nSPS) is 11.1. The van der Waals surface area contributed by atoms with Crippen molar-refractivity contribution in [2.75, 3.05) is 13.2 Å². The first-order valence-electron chi connectivity index (χ1n) is 9.67. The third-order valence-corrected chi connectivity index (χ3v) is 4.46. The van der Waals surface area contributed by atoms with Crippen molar-refractivity contribution in [2.24, 2.45) is 0 Å². The standard InChI is InChI=1S/C22H25N3O4/c1-15(2)29-13-5-12-23-20(26)14-16-8-10-17(11-9-16)25-21(27)18-6-3-4-7-19(18)24-22(25)28/h3-4,6-11,15H,5,12-14H2,1-2H3,(H,23,26)(H,24,28). The second kappa shape index (κ2) is 9.34. The molecule has 0 radical (unpaired) electrons. The van der Waals surface area contributed by atoms with Gasteiger partial charge >= 0.3 is 5.69 Å². The van der Waals surface area contributed by atoms with Gasteiger partial charge in [-0.1, -0.05) is 24.3 Å². The molecular formula is C22H25N3O4. The molecule has 0 spiro atoms. The Bertz CT molecular complexity index is 1100. The van der Waals surface area contributed by atoms with Crippen LogP contribution in [0.1, 0.15) is 25.8 Å². The van der Waals surface area contributed by atoms with Gasteiger partial charge < -0.3 is 15.0 Å². The van der Waals surface area contributed by atoms with Crippen LogP contribution in [0.15, 0.2) is 58.1 Å². The Labute approximate surface area is 168 Å². The quantitative estimate of drug-likeness (QED) is 0.572. The van der Waals surface area contributed by atoms with E-state index in [-0.39, 0.29) is 24.0 Å². The van der Waals surface area contributed by atoms with E-state index in [9.17, 15) is 14.4 Å². The highest BCUT2D eigenvalue weighted by molar-refractivity contribution is 5.79. The molecule has 0 saturated carbocycles. The van der Waals surface area contributed by atoms with Crippen LogP contribution in [-0.2, 0) is 16.0 Å². The number of aromatic nitrogens is 2. The summed E-state index contributed by atoms with van der Waals surface area (Å²) < 4.78 is 6.53. The lowest BCUT2D eigenvalue weighted by Crippen LogP contribution is -2.33. The number of aromatic amines is 1. The van der Waals surface area contributed by atoms with E-state index < -0.39 is 5.69 Å². The van der Waals surface area contributed by atoms with Gasteiger partial charge in [0.05, 0.1) is 29.1 Å². The van der Waals surface area contributed by atoms with E-state index in [1.54, 1.807) is 48.5 Å². The minimum absolute atomic E-state index is 0.0805. The van der Waals surface area contributed by atoms with Crippen molar-refractivity contribution < 1.29 is 9.53 Å². The van der Waals surface area contributed by atoms with Gasteiger partial charge in [-0.2, -0.15) is 0 Å². The highest BCUT2D eigenvalue weighted by Gasteiger charge is 2.10. The Balaban J connectivity index is 1.67. The van der Waals surface area contributed by atoms with Crippen LogP contribution in [0.2, 0.25) is 0 Å². The Morgan fingerprint density at radius 3 is 2.55 bits per heavy atom. The number of nitrogens with zero attached hydrogens (tertiary/aromatic N) is 1. The smallest absolute Gasteiger partial charge is 0.333 e. The van der Waals surface area contributed by atoms with E-state index in [1.165, 1.54) is 0 Å². The fourth-order valence-electron chi connectivity index (χ4n) is 3.03. The molecule has 3 aromatic rings. The van der Waals surface area contributed by atoms with Gasteiger partial charge in [0, 0.05) is 13.2 Å². The van der Waals surface area contributed by atoms with Gasteiger partial charge in [0.25, 0.3) is 5.56 Å². The third-order valence-electron chi connectivity index (χ3n) is 4.46. The molecule has 2 N–H and O–H groups in total. The van der Waals surface area contributed by atoms with E-state index in [1.807, 2.05) is 13.8 Å². The van der Waals surface area contributed by atoms with Crippen LogP contribution in [0.25, 0.3) is 16.6 Å². The molecule has 152 valence electrons. The van der Waals surface area contributed by atoms with E-state index in [0.29, 0.717) is 29.7 Å². The van der Waals surface area contributed by atoms with Gasteiger partial charge in [0.15, 0.2) is 0 Å². The lowest BCUT2D eigenvalue weighted by molar-refractivity contribution is -0.120. The molecule has 7 nitrogen and oxygen atoms in total. The number of carbonyl (C=O) groups is 1. The molecule has 29 heavy (non-hydrogen) atoms. The minimum atomic E-state index is -0.497. The number of amides is 1. The summed E-state index contributed by atoms with van der Waals surface area (Å²) in [5, 5.41) is 3.30. The van der Waals surface area contributed by atoms with Crippen molar-refractivity contribution >= 4 is 16.8 Å². The molecule has 0 aliphatic carbocycles. The third kappa shape index (κ3) is 5.20. The van der Waals surface area contributed by atoms with Crippen molar-refractivity contribution in [3.63, 3.8) is 0 Å². The first kappa shape index (κ1) is 20.5. The van der Waals surface area contributed by atoms with Gasteiger partial charge in [-0.3, -0.25) is 9.59 Å². The molecule has 7 heteroatoms. The first-order valence-corrected chi connectivity index (χ1v) is 9.67. The maximum atomic E-state index is 12.7. The summed E-state index contributed by atoms with van der Waals surface area (Å²) in [5.74, 6) is -0.0805. The van der Waals surface area contributed by atoms with E-state index in [2.05, 4.69) is 10.3 Å². The lowest BCUT2D eigenvalue weighted by atomic mass is 10.1. The minimum Gasteiger partial charge on any atom is -0.379 e. The molecule has 1 heterocycles. The molecule has 0 aliphatic rings. The fourth-order valence-corrected chi connectivity index (χ4v) is 3.03. The summed E-state index contributed by atoms with van der Waals surface area (Å²) >= 11 is 0. The molecule has 0 fully saturated rings. The van der Waals surface area contributed by atoms with E-state index >= 15 is 0 Å². The summed E-state index contributed by atoms with van der Waals surface area (Å²) in [6.07, 6.45) is 1.18. The van der Waals surface area contributed by atoms with Crippen molar-refractivity contribution in [1.82, 2.24) is 14.9 Å². The van der Waals surface area contributed by atoms with Crippen LogP contribution in [-0.4, -0.2) is 34.7 Å². The summed E-state index contributed by atoms with van der Waals surface area (Å²) in [6, 6.07) is 13.7. The predicted octanol–water partition coefficient (Wildman–Crippen LogP) is 2.15. The Hall–Kier alpha value is -3.19. The van der Waals surface area contributed by atoms with Gasteiger partial charge in [-0.25, -0.2) is 9.36 Å². The highest BCUT2D eigenvalue weighted by atomic mass is 16.5. The number of para-hydroxylation sites is 1. The number of hydrogen-bond donors (Lipinski definition) is 2. The zero-order chi connectivity index (χ0) is 20.8. The molecule has 0 saturated heterocycles. The maximum absolute atomic E-state index is 12.7. The van der Waals surface area contributed by atoms with Gasteiger partial charge in [0.2, 0.25) is 5.91 Å². The van der Waals surface area contributed by atoms with Crippen LogP contribution in [0.4, 0.5) is 0 Å². The predicted molar refractivity (Wildman–Crippen MR) is 113 cm³/mol. The van der Waals surface area contributed by atoms with Crippen molar-refractivity contribution in [3.05, 3.63) is 74.9 Å². The molecule has 1 aromatic heterocycles. The number of hydrogen-bond acceptors (Lipinski definition) is 4. The molecule has 2 aromatic carbocycles. The second-order valence-electron chi connectivity index (χ2n) is 7.08. The number of H-pyrrole nitrogens is 1. The number of nitrogens with one attached hydrogen (secondary N) is 2. The molecule has 3 rings (SSSR count). The summed E-state index contributed by atoms with van der Waals surface area (Å²) in [7, 11) is 0. The van der Waals surface area contributed by atoms with Crippen molar-refractivity contribution in [2.45, 2.75) is 32.8 Å². The molecule has 0 aliphatic heterocycles. The van der Waals surface area contributed by atoms with Gasteiger partial charge in [0.1, 0.15) is 0 Å². The molecule has 0 bridgehead atoms. The lowest BCUT2D eigenvalue weighted by Gasteiger charge is -2.09. The Morgan fingerprint density at radius 2 is 1.83 bits per heavy atom. The number of benzene rings is 2. The van der Waals surface area contributed by atoms with Crippen LogP contribution in [0.3, 0.4) is 0 Å². The second-order valence-corrected chi connectivity index (χ2v) is 7.08.